The van der Waals surface area contributed by atoms with Crippen molar-refractivity contribution in [3.8, 4) is 0 Å². The van der Waals surface area contributed by atoms with Gasteiger partial charge in [0, 0.05) is 27.2 Å². The maximum absolute atomic E-state index is 10.8. The van der Waals surface area contributed by atoms with Gasteiger partial charge in [0.2, 0.25) is 6.54 Å². The number of benzene rings is 1. The Hall–Kier alpha value is -1.59. The summed E-state index contributed by atoms with van der Waals surface area (Å²) in [6.45, 7) is -0.140. The Bertz CT molecular complexity index is 548. The average Bonchev–Trinajstić information content (AvgIpc) is 2.41. The number of aromatic nitrogens is 1. The first-order chi connectivity index (χ1) is 9.15. The van der Waals surface area contributed by atoms with E-state index >= 15 is 0 Å². The molecule has 0 amide bonds. The molecule has 0 bridgehead atoms. The normalized spacial score (nSPS) is 12.1. The molecule has 1 unspecified atom stereocenters. The highest BCUT2D eigenvalue weighted by Crippen LogP contribution is 2.35. The third-order valence-corrected chi connectivity index (χ3v) is 3.97. The minimum Gasteiger partial charge on any atom is -0.264 e. The molecule has 19 heavy (non-hydrogen) atoms. The quantitative estimate of drug-likeness (QED) is 0.477. The monoisotopic (exact) mass is 294 g/mol. The Morgan fingerprint density at radius 2 is 2.05 bits per heavy atom. The molecular formula is C13H11ClN2O2S. The smallest absolute Gasteiger partial charge is 0.220 e. The lowest BCUT2D eigenvalue weighted by molar-refractivity contribution is -0.479. The summed E-state index contributed by atoms with van der Waals surface area (Å²) in [5.41, 5.74) is 0.846. The number of halogens is 1. The van der Waals surface area contributed by atoms with E-state index in [4.69, 9.17) is 11.6 Å². The van der Waals surface area contributed by atoms with Crippen LogP contribution in [0.2, 0.25) is 5.02 Å². The molecule has 0 spiro atoms. The number of rotatable bonds is 5. The minimum atomic E-state index is -0.305. The third-order valence-electron chi connectivity index (χ3n) is 2.46. The number of nitro groups is 1. The van der Waals surface area contributed by atoms with Crippen molar-refractivity contribution in [3.63, 3.8) is 0 Å². The molecule has 0 radical (unpaired) electrons. The summed E-state index contributed by atoms with van der Waals surface area (Å²) >= 11 is 7.26. The molecule has 0 saturated carbocycles. The molecule has 2 rings (SSSR count). The zero-order valence-corrected chi connectivity index (χ0v) is 11.5. The highest BCUT2D eigenvalue weighted by molar-refractivity contribution is 7.99. The molecule has 4 nitrogen and oxygen atoms in total. The van der Waals surface area contributed by atoms with E-state index in [9.17, 15) is 10.1 Å². The van der Waals surface area contributed by atoms with E-state index in [1.54, 1.807) is 30.6 Å². The molecule has 0 saturated heterocycles. The molecule has 6 heteroatoms. The van der Waals surface area contributed by atoms with Crippen LogP contribution in [0, 0.1) is 10.1 Å². The van der Waals surface area contributed by atoms with Gasteiger partial charge in [0.15, 0.2) is 0 Å². The van der Waals surface area contributed by atoms with Gasteiger partial charge in [0.25, 0.3) is 0 Å². The zero-order chi connectivity index (χ0) is 13.7. The van der Waals surface area contributed by atoms with Gasteiger partial charge in [0.05, 0.1) is 0 Å². The van der Waals surface area contributed by atoms with Crippen molar-refractivity contribution in [1.29, 1.82) is 0 Å². The van der Waals surface area contributed by atoms with Crippen LogP contribution in [0.4, 0.5) is 0 Å². The molecule has 0 fully saturated rings. The van der Waals surface area contributed by atoms with Crippen LogP contribution in [0.5, 0.6) is 0 Å². The van der Waals surface area contributed by atoms with Gasteiger partial charge in [0.1, 0.15) is 5.25 Å². The SMILES string of the molecule is O=[N+]([O-])CC(Sc1ccc(Cl)cc1)c1cccnc1. The molecule has 2 aromatic rings. The molecule has 1 atom stereocenters. The number of hydrogen-bond acceptors (Lipinski definition) is 4. The zero-order valence-electron chi connectivity index (χ0n) is 9.90. The number of thioether (sulfide) groups is 1. The van der Waals surface area contributed by atoms with Gasteiger partial charge in [-0.25, -0.2) is 0 Å². The van der Waals surface area contributed by atoms with Crippen LogP contribution >= 0.6 is 23.4 Å². The predicted molar refractivity (Wildman–Crippen MR) is 76.1 cm³/mol. The molecule has 0 aliphatic heterocycles. The average molecular weight is 295 g/mol. The van der Waals surface area contributed by atoms with E-state index in [1.807, 2.05) is 18.2 Å². The van der Waals surface area contributed by atoms with Crippen molar-refractivity contribution in [3.05, 3.63) is 69.5 Å². The van der Waals surface area contributed by atoms with Gasteiger partial charge in [-0.15, -0.1) is 11.8 Å². The number of hydrogen-bond donors (Lipinski definition) is 0. The van der Waals surface area contributed by atoms with Gasteiger partial charge in [-0.3, -0.25) is 15.1 Å². The Morgan fingerprint density at radius 3 is 2.63 bits per heavy atom. The molecular weight excluding hydrogens is 284 g/mol. The highest BCUT2D eigenvalue weighted by atomic mass is 35.5. The van der Waals surface area contributed by atoms with E-state index in [1.165, 1.54) is 11.8 Å². The predicted octanol–water partition coefficient (Wildman–Crippen LogP) is 3.85. The van der Waals surface area contributed by atoms with Crippen LogP contribution in [0.1, 0.15) is 10.8 Å². The van der Waals surface area contributed by atoms with E-state index in [2.05, 4.69) is 4.98 Å². The summed E-state index contributed by atoms with van der Waals surface area (Å²) in [6, 6.07) is 10.9. The van der Waals surface area contributed by atoms with E-state index in [-0.39, 0.29) is 16.7 Å². The van der Waals surface area contributed by atoms with E-state index < -0.39 is 0 Å². The number of pyridine rings is 1. The summed E-state index contributed by atoms with van der Waals surface area (Å²) in [6.07, 6.45) is 3.32. The lowest BCUT2D eigenvalue weighted by Crippen LogP contribution is -2.09. The molecule has 0 N–H and O–H groups in total. The second kappa shape index (κ2) is 6.54. The topological polar surface area (TPSA) is 56.0 Å². The van der Waals surface area contributed by atoms with Crippen LogP contribution in [0.15, 0.2) is 53.7 Å². The van der Waals surface area contributed by atoms with Gasteiger partial charge >= 0.3 is 0 Å². The molecule has 1 heterocycles. The van der Waals surface area contributed by atoms with E-state index in [0.29, 0.717) is 5.02 Å². The Kier molecular flexibility index (Phi) is 4.76. The molecule has 98 valence electrons. The minimum absolute atomic E-state index is 0.140. The first kappa shape index (κ1) is 13.8. The summed E-state index contributed by atoms with van der Waals surface area (Å²) in [4.78, 5) is 15.4. The summed E-state index contributed by atoms with van der Waals surface area (Å²) < 4.78 is 0. The van der Waals surface area contributed by atoms with Crippen LogP contribution < -0.4 is 0 Å². The van der Waals surface area contributed by atoms with Crippen molar-refractivity contribution in [1.82, 2.24) is 4.98 Å². The van der Waals surface area contributed by atoms with Crippen LogP contribution in [0.3, 0.4) is 0 Å². The second-order valence-corrected chi connectivity index (χ2v) is 5.57. The van der Waals surface area contributed by atoms with Crippen molar-refractivity contribution in [2.75, 3.05) is 6.54 Å². The van der Waals surface area contributed by atoms with Crippen molar-refractivity contribution in [2.45, 2.75) is 10.1 Å². The number of nitrogens with zero attached hydrogens (tertiary/aromatic N) is 2. The van der Waals surface area contributed by atoms with Crippen molar-refractivity contribution < 1.29 is 4.92 Å². The summed E-state index contributed by atoms with van der Waals surface area (Å²) in [7, 11) is 0. The van der Waals surface area contributed by atoms with Crippen molar-refractivity contribution >= 4 is 23.4 Å². The molecule has 1 aromatic carbocycles. The first-order valence-electron chi connectivity index (χ1n) is 5.59. The maximum atomic E-state index is 10.8. The molecule has 0 aliphatic carbocycles. The molecule has 0 aliphatic rings. The third kappa shape index (κ3) is 4.22. The van der Waals surface area contributed by atoms with Gasteiger partial charge < -0.3 is 0 Å². The fourth-order valence-corrected chi connectivity index (χ4v) is 2.81. The van der Waals surface area contributed by atoms with Crippen LogP contribution in [-0.2, 0) is 0 Å². The first-order valence-corrected chi connectivity index (χ1v) is 6.85. The Morgan fingerprint density at radius 1 is 1.32 bits per heavy atom. The lowest BCUT2D eigenvalue weighted by Gasteiger charge is -2.12. The van der Waals surface area contributed by atoms with Crippen molar-refractivity contribution in [2.24, 2.45) is 0 Å². The fraction of sp³-hybridized carbons (Fsp3) is 0.154. The van der Waals surface area contributed by atoms with Gasteiger partial charge in [-0.1, -0.05) is 17.7 Å². The Labute approximate surface area is 120 Å². The molecule has 1 aromatic heterocycles. The highest BCUT2D eigenvalue weighted by Gasteiger charge is 2.19. The van der Waals surface area contributed by atoms with Crippen LogP contribution in [0.25, 0.3) is 0 Å². The van der Waals surface area contributed by atoms with E-state index in [0.717, 1.165) is 10.5 Å². The van der Waals surface area contributed by atoms with Crippen LogP contribution in [-0.4, -0.2) is 16.5 Å². The second-order valence-electron chi connectivity index (χ2n) is 3.86. The fourth-order valence-electron chi connectivity index (χ4n) is 1.59. The lowest BCUT2D eigenvalue weighted by atomic mass is 10.2. The summed E-state index contributed by atoms with van der Waals surface area (Å²) in [5.74, 6) is 0. The van der Waals surface area contributed by atoms with Gasteiger partial charge in [-0.05, 0) is 35.9 Å². The Balaban J connectivity index is 2.19. The summed E-state index contributed by atoms with van der Waals surface area (Å²) in [5, 5.41) is 11.2. The standard InChI is InChI=1S/C13H11ClN2O2S/c14-11-3-5-12(6-4-11)19-13(9-16(17)18)10-2-1-7-15-8-10/h1-8,13H,9H2. The maximum Gasteiger partial charge on any atom is 0.220 e. The van der Waals surface area contributed by atoms with Gasteiger partial charge in [-0.2, -0.15) is 0 Å². The largest absolute Gasteiger partial charge is 0.264 e.